The van der Waals surface area contributed by atoms with Gasteiger partial charge in [0.05, 0.1) is 11.4 Å². The van der Waals surface area contributed by atoms with Gasteiger partial charge in [-0.15, -0.1) is 21.5 Å². The zero-order valence-corrected chi connectivity index (χ0v) is 15.2. The van der Waals surface area contributed by atoms with Crippen molar-refractivity contribution < 1.29 is 32.1 Å². The van der Waals surface area contributed by atoms with E-state index in [2.05, 4.69) is 10.2 Å². The average Bonchev–Trinajstić information content (AvgIpc) is 3.23. The number of nitrogens with zero attached hydrogens (tertiary/aromatic N) is 2. The molecule has 27 heavy (non-hydrogen) atoms. The zero-order valence-electron chi connectivity index (χ0n) is 14.4. The summed E-state index contributed by atoms with van der Waals surface area (Å²) in [6.07, 6.45) is -3.80. The van der Waals surface area contributed by atoms with E-state index < -0.39 is 24.7 Å². The molecule has 3 amide bonds. The maximum Gasteiger partial charge on any atom is 0.405 e. The fraction of sp³-hybridized carbons (Fsp3) is 0.467. The second kappa shape index (κ2) is 9.46. The molecule has 0 fully saturated rings. The van der Waals surface area contributed by atoms with Crippen LogP contribution < -0.4 is 15.5 Å². The molecule has 1 atom stereocenters. The van der Waals surface area contributed by atoms with Gasteiger partial charge in [0, 0.05) is 0 Å². The van der Waals surface area contributed by atoms with Crippen molar-refractivity contribution >= 4 is 23.3 Å². The first-order valence-corrected chi connectivity index (χ1v) is 8.99. The first-order chi connectivity index (χ1) is 12.8. The molecule has 0 radical (unpaired) electrons. The van der Waals surface area contributed by atoms with Crippen LogP contribution in [0.2, 0.25) is 0 Å². The number of carbonyl (C=O) groups is 2. The van der Waals surface area contributed by atoms with Crippen molar-refractivity contribution in [2.75, 3.05) is 19.6 Å². The molecular formula is C15H19F3N5O3S+. The Labute approximate surface area is 156 Å². The second-order valence-electron chi connectivity index (χ2n) is 5.68. The fourth-order valence-electron chi connectivity index (χ4n) is 2.25. The second-order valence-corrected chi connectivity index (χ2v) is 6.63. The van der Waals surface area contributed by atoms with Gasteiger partial charge in [0.15, 0.2) is 13.1 Å². The summed E-state index contributed by atoms with van der Waals surface area (Å²) < 4.78 is 41.7. The third kappa shape index (κ3) is 7.35. The van der Waals surface area contributed by atoms with E-state index in [-0.39, 0.29) is 13.1 Å². The van der Waals surface area contributed by atoms with Gasteiger partial charge < -0.3 is 14.6 Å². The summed E-state index contributed by atoms with van der Waals surface area (Å²) in [5.74, 6) is 0.0131. The van der Waals surface area contributed by atoms with E-state index in [4.69, 9.17) is 4.42 Å². The predicted molar refractivity (Wildman–Crippen MR) is 89.9 cm³/mol. The number of halogens is 3. The molecule has 0 aliphatic rings. The van der Waals surface area contributed by atoms with Gasteiger partial charge in [0.2, 0.25) is 0 Å². The Balaban J connectivity index is 1.87. The van der Waals surface area contributed by atoms with Crippen molar-refractivity contribution in [2.24, 2.45) is 0 Å². The van der Waals surface area contributed by atoms with Gasteiger partial charge in [-0.3, -0.25) is 10.1 Å². The smallest absolute Gasteiger partial charge is 0.405 e. The van der Waals surface area contributed by atoms with Crippen LogP contribution in [0.15, 0.2) is 21.9 Å². The summed E-state index contributed by atoms with van der Waals surface area (Å²) >= 11 is 1.45. The molecule has 148 valence electrons. The Morgan fingerprint density at radius 3 is 2.74 bits per heavy atom. The molecule has 2 rings (SSSR count). The SMILES string of the molecule is CCC[NH+](CC(=O)NC(=O)NCC(F)(F)F)Cc1nnc(-c2cccs2)o1. The lowest BCUT2D eigenvalue weighted by Gasteiger charge is -2.16. The lowest BCUT2D eigenvalue weighted by molar-refractivity contribution is -0.907. The molecule has 0 saturated carbocycles. The maximum absolute atomic E-state index is 12.1. The van der Waals surface area contributed by atoms with Crippen LogP contribution in [0.1, 0.15) is 19.2 Å². The van der Waals surface area contributed by atoms with Crippen molar-refractivity contribution in [2.45, 2.75) is 26.1 Å². The van der Waals surface area contributed by atoms with E-state index in [0.29, 0.717) is 18.3 Å². The molecule has 1 unspecified atom stereocenters. The molecule has 2 aromatic rings. The molecule has 0 bridgehead atoms. The molecule has 0 aromatic carbocycles. The van der Waals surface area contributed by atoms with E-state index >= 15 is 0 Å². The van der Waals surface area contributed by atoms with Gasteiger partial charge in [-0.2, -0.15) is 13.2 Å². The molecule has 0 spiro atoms. The topological polar surface area (TPSA) is 102 Å². The van der Waals surface area contributed by atoms with Gasteiger partial charge in [-0.05, 0) is 17.9 Å². The van der Waals surface area contributed by atoms with E-state index in [1.54, 1.807) is 5.32 Å². The highest BCUT2D eigenvalue weighted by Crippen LogP contribution is 2.22. The van der Waals surface area contributed by atoms with Crippen molar-refractivity contribution in [3.63, 3.8) is 0 Å². The summed E-state index contributed by atoms with van der Waals surface area (Å²) in [6, 6.07) is 2.50. The van der Waals surface area contributed by atoms with Gasteiger partial charge in [-0.25, -0.2) is 4.79 Å². The average molecular weight is 406 g/mol. The maximum atomic E-state index is 12.1. The predicted octanol–water partition coefficient (Wildman–Crippen LogP) is 0.981. The Bertz CT molecular complexity index is 748. The van der Waals surface area contributed by atoms with Crippen molar-refractivity contribution in [3.8, 4) is 10.8 Å². The van der Waals surface area contributed by atoms with E-state index in [1.165, 1.54) is 11.3 Å². The summed E-state index contributed by atoms with van der Waals surface area (Å²) in [7, 11) is 0. The summed E-state index contributed by atoms with van der Waals surface area (Å²) in [5, 5.41) is 13.2. The first-order valence-electron chi connectivity index (χ1n) is 8.11. The summed E-state index contributed by atoms with van der Waals surface area (Å²) in [4.78, 5) is 24.8. The number of aromatic nitrogens is 2. The molecule has 0 aliphatic carbocycles. The number of rotatable bonds is 8. The highest BCUT2D eigenvalue weighted by atomic mass is 32.1. The van der Waals surface area contributed by atoms with Crippen LogP contribution in [0.25, 0.3) is 10.8 Å². The van der Waals surface area contributed by atoms with Crippen molar-refractivity contribution in [1.29, 1.82) is 0 Å². The Morgan fingerprint density at radius 1 is 1.33 bits per heavy atom. The van der Waals surface area contributed by atoms with Crippen LogP contribution in [-0.2, 0) is 11.3 Å². The van der Waals surface area contributed by atoms with Gasteiger partial charge >= 0.3 is 12.2 Å². The molecule has 0 aliphatic heterocycles. The van der Waals surface area contributed by atoms with Gasteiger partial charge in [0.25, 0.3) is 17.7 Å². The normalized spacial score (nSPS) is 12.6. The Morgan fingerprint density at radius 2 is 2.11 bits per heavy atom. The minimum Gasteiger partial charge on any atom is -0.414 e. The molecule has 2 aromatic heterocycles. The number of carbonyl (C=O) groups excluding carboxylic acids is 2. The van der Waals surface area contributed by atoms with Crippen molar-refractivity contribution in [1.82, 2.24) is 20.8 Å². The number of urea groups is 1. The Kier molecular flexibility index (Phi) is 7.30. The first kappa shape index (κ1) is 20.8. The third-order valence-electron chi connectivity index (χ3n) is 3.32. The van der Waals surface area contributed by atoms with Crippen LogP contribution in [0, 0.1) is 0 Å². The number of amides is 3. The van der Waals surface area contributed by atoms with E-state index in [0.717, 1.165) is 16.2 Å². The number of quaternary nitrogens is 1. The van der Waals surface area contributed by atoms with Crippen LogP contribution in [0.4, 0.5) is 18.0 Å². The van der Waals surface area contributed by atoms with Gasteiger partial charge in [-0.1, -0.05) is 13.0 Å². The van der Waals surface area contributed by atoms with Crippen LogP contribution >= 0.6 is 11.3 Å². The fourth-order valence-corrected chi connectivity index (χ4v) is 2.90. The van der Waals surface area contributed by atoms with E-state index in [9.17, 15) is 22.8 Å². The highest BCUT2D eigenvalue weighted by Gasteiger charge is 2.28. The monoisotopic (exact) mass is 406 g/mol. The minimum atomic E-state index is -4.54. The summed E-state index contributed by atoms with van der Waals surface area (Å²) in [6.45, 7) is 1.12. The molecule has 3 N–H and O–H groups in total. The number of thiophene rings is 1. The van der Waals surface area contributed by atoms with Crippen LogP contribution in [-0.4, -0.2) is 47.9 Å². The molecule has 0 saturated heterocycles. The molecule has 8 nitrogen and oxygen atoms in total. The van der Waals surface area contributed by atoms with E-state index in [1.807, 2.05) is 29.8 Å². The lowest BCUT2D eigenvalue weighted by atomic mass is 10.3. The number of imide groups is 1. The third-order valence-corrected chi connectivity index (χ3v) is 4.17. The number of hydrogen-bond donors (Lipinski definition) is 3. The standard InChI is InChI=1S/C15H18F3N5O3S/c1-2-5-23(7-11(24)20-14(25)19-9-15(16,17)18)8-12-21-22-13(26-12)10-4-3-6-27-10/h3-4,6H,2,5,7-9H2,1H3,(H2,19,20,24,25)/p+1. The minimum absolute atomic E-state index is 0.121. The quantitative estimate of drug-likeness (QED) is 0.607. The highest BCUT2D eigenvalue weighted by molar-refractivity contribution is 7.13. The number of nitrogens with one attached hydrogen (secondary N) is 3. The zero-order chi connectivity index (χ0) is 19.9. The lowest BCUT2D eigenvalue weighted by Crippen LogP contribution is -3.12. The largest absolute Gasteiger partial charge is 0.414 e. The molecular weight excluding hydrogens is 387 g/mol. The molecule has 12 heteroatoms. The summed E-state index contributed by atoms with van der Waals surface area (Å²) in [5.41, 5.74) is 0. The number of alkyl halides is 3. The van der Waals surface area contributed by atoms with Crippen molar-refractivity contribution in [3.05, 3.63) is 23.4 Å². The van der Waals surface area contributed by atoms with Crippen LogP contribution in [0.5, 0.6) is 0 Å². The Hall–Kier alpha value is -2.47. The van der Waals surface area contributed by atoms with Crippen LogP contribution in [0.3, 0.4) is 0 Å². The molecule has 2 heterocycles. The van der Waals surface area contributed by atoms with Gasteiger partial charge in [0.1, 0.15) is 6.54 Å². The number of hydrogen-bond acceptors (Lipinski definition) is 6.